The van der Waals surface area contributed by atoms with Crippen molar-refractivity contribution in [2.75, 3.05) is 13.7 Å². The molecule has 5 atom stereocenters. The van der Waals surface area contributed by atoms with Crippen molar-refractivity contribution in [1.29, 1.82) is 0 Å². The Labute approximate surface area is 187 Å². The van der Waals surface area contributed by atoms with Gasteiger partial charge in [0.1, 0.15) is 18.3 Å². The molecule has 1 aromatic heterocycles. The first-order valence-corrected chi connectivity index (χ1v) is 9.69. The predicted molar refractivity (Wildman–Crippen MR) is 102 cm³/mol. The van der Waals surface area contributed by atoms with Crippen molar-refractivity contribution in [3.63, 3.8) is 0 Å². The van der Waals surface area contributed by atoms with Crippen LogP contribution >= 0.6 is 0 Å². The molecule has 13 heteroatoms. The van der Waals surface area contributed by atoms with Crippen molar-refractivity contribution in [2.45, 2.75) is 50.9 Å². The molecule has 1 fully saturated rings. The van der Waals surface area contributed by atoms with E-state index in [0.29, 0.717) is 0 Å². The largest absolute Gasteiger partial charge is 0.477 e. The standard InChI is InChI=1S/C20H23NO12/c1-10(22)31-16-14(9-30-15(25)7-13(24)20(28)29-3)33-18(17(16)32-11(2)23)21-6-4-5-12(8-21)19(26)27/h4-6,8,13-14,16-18,24H,7,9H2,1-3H3/p+1/t13-,14+,16+,17+,18+/m0/s1. The molecular formula is C20H24NO12+. The molecule has 0 saturated carbocycles. The summed E-state index contributed by atoms with van der Waals surface area (Å²) in [5, 5.41) is 18.8. The smallest absolute Gasteiger partial charge is 0.341 e. The fourth-order valence-electron chi connectivity index (χ4n) is 3.12. The van der Waals surface area contributed by atoms with Gasteiger partial charge in [-0.25, -0.2) is 9.59 Å². The number of methoxy groups -OCH3 is 1. The van der Waals surface area contributed by atoms with Gasteiger partial charge >= 0.3 is 36.1 Å². The lowest BCUT2D eigenvalue weighted by Gasteiger charge is -2.21. The first-order valence-electron chi connectivity index (χ1n) is 9.69. The number of pyridine rings is 1. The maximum absolute atomic E-state index is 12.0. The summed E-state index contributed by atoms with van der Waals surface area (Å²) in [6, 6.07) is 2.77. The minimum Gasteiger partial charge on any atom is -0.477 e. The number of esters is 4. The summed E-state index contributed by atoms with van der Waals surface area (Å²) in [5.41, 5.74) is -0.0848. The number of carbonyl (C=O) groups is 5. The fourth-order valence-corrected chi connectivity index (χ4v) is 3.12. The number of carboxylic acid groups (broad SMARTS) is 1. The van der Waals surface area contributed by atoms with E-state index in [0.717, 1.165) is 21.0 Å². The Bertz CT molecular complexity index is 916. The summed E-state index contributed by atoms with van der Waals surface area (Å²) in [5.74, 6) is -4.65. The van der Waals surface area contributed by atoms with E-state index in [2.05, 4.69) is 4.74 Å². The quantitative estimate of drug-likeness (QED) is 0.253. The number of hydrogen-bond acceptors (Lipinski definition) is 11. The second-order valence-electron chi connectivity index (χ2n) is 6.98. The highest BCUT2D eigenvalue weighted by atomic mass is 16.7. The molecule has 1 aromatic rings. The van der Waals surface area contributed by atoms with E-state index in [1.54, 1.807) is 0 Å². The number of carboxylic acids is 1. The minimum absolute atomic E-state index is 0.0848. The molecule has 2 rings (SSSR count). The third kappa shape index (κ3) is 6.95. The van der Waals surface area contributed by atoms with Crippen LogP contribution in [0, 0.1) is 0 Å². The number of aliphatic hydroxyl groups is 1. The van der Waals surface area contributed by atoms with Crippen LogP contribution in [0.5, 0.6) is 0 Å². The van der Waals surface area contributed by atoms with Crippen LogP contribution in [0.4, 0.5) is 0 Å². The number of hydrogen-bond donors (Lipinski definition) is 2. The van der Waals surface area contributed by atoms with Crippen LogP contribution in [0.25, 0.3) is 0 Å². The van der Waals surface area contributed by atoms with Crippen LogP contribution in [0.15, 0.2) is 24.5 Å². The van der Waals surface area contributed by atoms with Gasteiger partial charge in [0, 0.05) is 19.9 Å². The highest BCUT2D eigenvalue weighted by Crippen LogP contribution is 2.31. The monoisotopic (exact) mass is 470 g/mol. The molecule has 0 radical (unpaired) electrons. The zero-order valence-electron chi connectivity index (χ0n) is 18.0. The first kappa shape index (κ1) is 25.7. The fraction of sp³-hybridized carbons (Fsp3) is 0.500. The Morgan fingerprint density at radius 3 is 2.33 bits per heavy atom. The van der Waals surface area contributed by atoms with Crippen LogP contribution in [0.2, 0.25) is 0 Å². The zero-order chi connectivity index (χ0) is 24.7. The number of carbonyl (C=O) groups excluding carboxylic acids is 4. The van der Waals surface area contributed by atoms with Crippen molar-refractivity contribution in [3.05, 3.63) is 30.1 Å². The van der Waals surface area contributed by atoms with Crippen molar-refractivity contribution in [3.8, 4) is 0 Å². The lowest BCUT2D eigenvalue weighted by atomic mass is 10.1. The molecule has 0 unspecified atom stereocenters. The maximum atomic E-state index is 12.0. The average molecular weight is 470 g/mol. The first-order chi connectivity index (χ1) is 15.5. The van der Waals surface area contributed by atoms with E-state index < -0.39 is 73.5 Å². The lowest BCUT2D eigenvalue weighted by Crippen LogP contribution is -2.48. The molecule has 0 amide bonds. The van der Waals surface area contributed by atoms with Crippen LogP contribution in [-0.4, -0.2) is 78.2 Å². The van der Waals surface area contributed by atoms with Gasteiger partial charge in [0.2, 0.25) is 6.10 Å². The predicted octanol–water partition coefficient (Wildman–Crippen LogP) is -1.10. The van der Waals surface area contributed by atoms with Gasteiger partial charge < -0.3 is 33.9 Å². The van der Waals surface area contributed by atoms with E-state index in [4.69, 9.17) is 18.9 Å². The molecule has 0 bridgehead atoms. The number of nitrogens with zero attached hydrogens (tertiary/aromatic N) is 1. The molecule has 1 aliphatic heterocycles. The molecule has 0 aliphatic carbocycles. The Morgan fingerprint density at radius 2 is 1.76 bits per heavy atom. The van der Waals surface area contributed by atoms with Gasteiger partial charge in [0.15, 0.2) is 24.6 Å². The van der Waals surface area contributed by atoms with Gasteiger partial charge in [-0.1, -0.05) is 0 Å². The maximum Gasteiger partial charge on any atom is 0.341 e. The minimum atomic E-state index is -1.73. The summed E-state index contributed by atoms with van der Waals surface area (Å²) in [7, 11) is 1.04. The molecular weight excluding hydrogens is 446 g/mol. The highest BCUT2D eigenvalue weighted by Gasteiger charge is 2.54. The number of aliphatic hydroxyl groups excluding tert-OH is 1. The van der Waals surface area contributed by atoms with E-state index in [1.165, 1.54) is 29.1 Å². The van der Waals surface area contributed by atoms with Gasteiger partial charge in [0.25, 0.3) is 0 Å². The normalized spacial score (nSPS) is 22.7. The molecule has 0 aromatic carbocycles. The number of rotatable bonds is 9. The second kappa shape index (κ2) is 11.3. The van der Waals surface area contributed by atoms with E-state index in [1.807, 2.05) is 0 Å². The van der Waals surface area contributed by atoms with Crippen molar-refractivity contribution < 1.29 is 62.4 Å². The summed E-state index contributed by atoms with van der Waals surface area (Å²) >= 11 is 0. The van der Waals surface area contributed by atoms with Crippen LogP contribution in [-0.2, 0) is 42.9 Å². The van der Waals surface area contributed by atoms with Gasteiger partial charge in [0.05, 0.1) is 13.5 Å². The molecule has 180 valence electrons. The van der Waals surface area contributed by atoms with Gasteiger partial charge in [-0.05, 0) is 6.07 Å². The molecule has 2 N–H and O–H groups in total. The Morgan fingerprint density at radius 1 is 1.12 bits per heavy atom. The van der Waals surface area contributed by atoms with Gasteiger partial charge in [-0.15, -0.1) is 0 Å². The van der Waals surface area contributed by atoms with Crippen molar-refractivity contribution in [1.82, 2.24) is 0 Å². The van der Waals surface area contributed by atoms with E-state index >= 15 is 0 Å². The van der Waals surface area contributed by atoms with Crippen LogP contribution in [0.3, 0.4) is 0 Å². The van der Waals surface area contributed by atoms with Gasteiger partial charge in [-0.3, -0.25) is 14.4 Å². The van der Waals surface area contributed by atoms with E-state index in [-0.39, 0.29) is 5.56 Å². The van der Waals surface area contributed by atoms with Crippen LogP contribution < -0.4 is 4.57 Å². The van der Waals surface area contributed by atoms with Gasteiger partial charge in [-0.2, -0.15) is 4.57 Å². The molecule has 33 heavy (non-hydrogen) atoms. The van der Waals surface area contributed by atoms with E-state index in [9.17, 15) is 34.2 Å². The average Bonchev–Trinajstić information content (AvgIpc) is 3.07. The highest BCUT2D eigenvalue weighted by molar-refractivity contribution is 5.86. The molecule has 0 spiro atoms. The topological polar surface area (TPSA) is 176 Å². The second-order valence-corrected chi connectivity index (χ2v) is 6.98. The van der Waals surface area contributed by atoms with Crippen molar-refractivity contribution in [2.24, 2.45) is 0 Å². The third-order valence-corrected chi connectivity index (χ3v) is 4.49. The molecule has 2 heterocycles. The third-order valence-electron chi connectivity index (χ3n) is 4.49. The zero-order valence-corrected chi connectivity index (χ0v) is 18.0. The number of aromatic nitrogens is 1. The molecule has 1 aliphatic rings. The molecule has 13 nitrogen and oxygen atoms in total. The summed E-state index contributed by atoms with van der Waals surface area (Å²) in [6.45, 7) is 1.76. The van der Waals surface area contributed by atoms with Crippen molar-refractivity contribution >= 4 is 29.8 Å². The molecule has 1 saturated heterocycles. The Hall–Kier alpha value is -3.58. The number of ether oxygens (including phenoxy) is 5. The summed E-state index contributed by atoms with van der Waals surface area (Å²) in [4.78, 5) is 57.9. The Kier molecular flexibility index (Phi) is 8.82. The lowest BCUT2D eigenvalue weighted by molar-refractivity contribution is -0.765. The Balaban J connectivity index is 2.26. The SMILES string of the molecule is COC(=O)[C@@H](O)CC(=O)OC[C@H]1O[C@@H]([n+]2cccc(C(=O)O)c2)[C@H](OC(C)=O)[C@@H]1OC(C)=O. The van der Waals surface area contributed by atoms with Crippen LogP contribution in [0.1, 0.15) is 36.9 Å². The summed E-state index contributed by atoms with van der Waals surface area (Å²) < 4.78 is 27.0. The number of aromatic carboxylic acids is 1. The summed E-state index contributed by atoms with van der Waals surface area (Å²) in [6.07, 6.45) is -4.39.